The highest BCUT2D eigenvalue weighted by Gasteiger charge is 2.06. The Balaban J connectivity index is 4.32. The lowest BCUT2D eigenvalue weighted by molar-refractivity contribution is -0.135. The van der Waals surface area contributed by atoms with Crippen molar-refractivity contribution in [3.8, 4) is 0 Å². The van der Waals surface area contributed by atoms with Crippen LogP contribution in [0.1, 0.15) is 26.2 Å². The summed E-state index contributed by atoms with van der Waals surface area (Å²) in [4.78, 5) is 21.6. The highest BCUT2D eigenvalue weighted by Crippen LogP contribution is 2.06. The van der Waals surface area contributed by atoms with Crippen molar-refractivity contribution in [1.29, 1.82) is 0 Å². The van der Waals surface area contributed by atoms with Gasteiger partial charge >= 0.3 is 5.97 Å². The number of unbranched alkanes of at least 4 members (excludes halogenated alkanes) is 1. The van der Waals surface area contributed by atoms with E-state index >= 15 is 0 Å². The Morgan fingerprint density at radius 1 is 1.46 bits per heavy atom. The molecule has 0 aliphatic rings. The fourth-order valence-electron chi connectivity index (χ4n) is 0.835. The second-order valence-electron chi connectivity index (χ2n) is 2.66. The van der Waals surface area contributed by atoms with Crippen LogP contribution in [0.4, 0.5) is 0 Å². The summed E-state index contributed by atoms with van der Waals surface area (Å²) >= 11 is 0. The van der Waals surface area contributed by atoms with Gasteiger partial charge in [-0.15, -0.1) is 0 Å². The summed E-state index contributed by atoms with van der Waals surface area (Å²) < 4.78 is 4.39. The van der Waals surface area contributed by atoms with E-state index in [-0.39, 0.29) is 0 Å². The molecule has 0 aliphatic heterocycles. The van der Waals surface area contributed by atoms with Gasteiger partial charge < -0.3 is 10.5 Å². The first kappa shape index (κ1) is 11.7. The number of rotatable bonds is 5. The summed E-state index contributed by atoms with van der Waals surface area (Å²) in [6, 6.07) is 0. The molecule has 0 fully saturated rings. The van der Waals surface area contributed by atoms with Crippen molar-refractivity contribution in [2.45, 2.75) is 26.2 Å². The molecule has 4 nitrogen and oxygen atoms in total. The molecule has 74 valence electrons. The van der Waals surface area contributed by atoms with Gasteiger partial charge in [0.25, 0.3) is 0 Å². The van der Waals surface area contributed by atoms with Crippen molar-refractivity contribution in [2.75, 3.05) is 7.11 Å². The zero-order valence-electron chi connectivity index (χ0n) is 8.00. The second-order valence-corrected chi connectivity index (χ2v) is 2.66. The minimum atomic E-state index is -0.557. The lowest BCUT2D eigenvalue weighted by Gasteiger charge is -2.00. The molecule has 0 aromatic carbocycles. The lowest BCUT2D eigenvalue weighted by atomic mass is 10.1. The van der Waals surface area contributed by atoms with Crippen LogP contribution in [0.15, 0.2) is 11.6 Å². The van der Waals surface area contributed by atoms with Crippen molar-refractivity contribution in [3.05, 3.63) is 11.6 Å². The van der Waals surface area contributed by atoms with Crippen LogP contribution >= 0.6 is 0 Å². The van der Waals surface area contributed by atoms with Crippen molar-refractivity contribution < 1.29 is 14.3 Å². The first-order valence-corrected chi connectivity index (χ1v) is 4.20. The van der Waals surface area contributed by atoms with E-state index in [1.807, 2.05) is 6.92 Å². The van der Waals surface area contributed by atoms with Gasteiger partial charge in [0.15, 0.2) is 0 Å². The predicted molar refractivity (Wildman–Crippen MR) is 48.8 cm³/mol. The van der Waals surface area contributed by atoms with E-state index in [9.17, 15) is 9.59 Å². The topological polar surface area (TPSA) is 69.4 Å². The molecule has 0 unspecified atom stereocenters. The van der Waals surface area contributed by atoms with Gasteiger partial charge in [-0.05, 0) is 12.8 Å². The third-order valence-electron chi connectivity index (χ3n) is 1.61. The van der Waals surface area contributed by atoms with E-state index in [1.54, 1.807) is 0 Å². The van der Waals surface area contributed by atoms with Crippen molar-refractivity contribution in [3.63, 3.8) is 0 Å². The van der Waals surface area contributed by atoms with E-state index in [2.05, 4.69) is 4.74 Å². The number of amides is 1. The van der Waals surface area contributed by atoms with Gasteiger partial charge in [0.05, 0.1) is 7.11 Å². The maximum absolute atomic E-state index is 10.8. The lowest BCUT2D eigenvalue weighted by Crippen LogP contribution is -2.15. The molecule has 0 rings (SSSR count). The molecule has 1 amide bonds. The van der Waals surface area contributed by atoms with E-state index < -0.39 is 11.9 Å². The Kier molecular flexibility index (Phi) is 5.59. The van der Waals surface area contributed by atoms with Gasteiger partial charge in [0.1, 0.15) is 0 Å². The van der Waals surface area contributed by atoms with Crippen LogP contribution in [0.5, 0.6) is 0 Å². The molecule has 0 saturated carbocycles. The van der Waals surface area contributed by atoms with E-state index in [4.69, 9.17) is 5.73 Å². The number of esters is 1. The molecule has 2 N–H and O–H groups in total. The molecule has 0 spiro atoms. The number of primary amides is 1. The number of hydrogen-bond donors (Lipinski definition) is 1. The van der Waals surface area contributed by atoms with Crippen LogP contribution in [0.3, 0.4) is 0 Å². The number of carbonyl (C=O) groups excluding carboxylic acids is 2. The molecular formula is C9H15NO3. The zero-order valence-corrected chi connectivity index (χ0v) is 8.00. The van der Waals surface area contributed by atoms with Crippen LogP contribution in [0.25, 0.3) is 0 Å². The summed E-state index contributed by atoms with van der Waals surface area (Å²) in [7, 11) is 1.26. The summed E-state index contributed by atoms with van der Waals surface area (Å²) in [6.45, 7) is 2.00. The largest absolute Gasteiger partial charge is 0.466 e. The molecule has 0 aliphatic carbocycles. The SMILES string of the molecule is CCCC/C(=C/C(=O)OC)C(N)=O. The minimum Gasteiger partial charge on any atom is -0.466 e. The van der Waals surface area contributed by atoms with Crippen LogP contribution in [0.2, 0.25) is 0 Å². The van der Waals surface area contributed by atoms with E-state index in [0.29, 0.717) is 12.0 Å². The summed E-state index contributed by atoms with van der Waals surface area (Å²) in [5.74, 6) is -1.09. The number of nitrogens with two attached hydrogens (primary N) is 1. The van der Waals surface area contributed by atoms with Crippen LogP contribution in [0, 0.1) is 0 Å². The minimum absolute atomic E-state index is 0.328. The Morgan fingerprint density at radius 2 is 2.08 bits per heavy atom. The number of ether oxygens (including phenoxy) is 1. The molecule has 4 heteroatoms. The van der Waals surface area contributed by atoms with Gasteiger partial charge in [-0.2, -0.15) is 0 Å². The third kappa shape index (κ3) is 5.00. The summed E-state index contributed by atoms with van der Waals surface area (Å²) in [5.41, 5.74) is 5.39. The van der Waals surface area contributed by atoms with Crippen LogP contribution < -0.4 is 5.73 Å². The Hall–Kier alpha value is -1.32. The maximum atomic E-state index is 10.8. The smallest absolute Gasteiger partial charge is 0.330 e. The average molecular weight is 185 g/mol. The summed E-state index contributed by atoms with van der Waals surface area (Å²) in [5, 5.41) is 0. The van der Waals surface area contributed by atoms with Gasteiger partial charge in [0, 0.05) is 11.6 Å². The van der Waals surface area contributed by atoms with E-state index in [1.165, 1.54) is 7.11 Å². The maximum Gasteiger partial charge on any atom is 0.330 e. The quantitative estimate of drug-likeness (QED) is 0.508. The summed E-state index contributed by atoms with van der Waals surface area (Å²) in [6.07, 6.45) is 3.47. The Morgan fingerprint density at radius 3 is 2.46 bits per heavy atom. The first-order chi connectivity index (χ1) is 6.11. The van der Waals surface area contributed by atoms with Crippen molar-refractivity contribution in [1.82, 2.24) is 0 Å². The van der Waals surface area contributed by atoms with Crippen molar-refractivity contribution >= 4 is 11.9 Å². The molecule has 13 heavy (non-hydrogen) atoms. The molecular weight excluding hydrogens is 170 g/mol. The normalized spacial score (nSPS) is 11.1. The number of carbonyl (C=O) groups is 2. The van der Waals surface area contributed by atoms with Gasteiger partial charge in [-0.25, -0.2) is 4.79 Å². The van der Waals surface area contributed by atoms with Crippen LogP contribution in [-0.4, -0.2) is 19.0 Å². The zero-order chi connectivity index (χ0) is 10.3. The monoisotopic (exact) mass is 185 g/mol. The fourth-order valence-corrected chi connectivity index (χ4v) is 0.835. The second kappa shape index (κ2) is 6.22. The third-order valence-corrected chi connectivity index (χ3v) is 1.61. The first-order valence-electron chi connectivity index (χ1n) is 4.20. The molecule has 0 saturated heterocycles. The Bertz CT molecular complexity index is 221. The average Bonchev–Trinajstić information content (AvgIpc) is 2.11. The van der Waals surface area contributed by atoms with E-state index in [0.717, 1.165) is 18.9 Å². The number of methoxy groups -OCH3 is 1. The van der Waals surface area contributed by atoms with Crippen LogP contribution in [-0.2, 0) is 14.3 Å². The molecule has 0 radical (unpaired) electrons. The molecule has 0 aromatic rings. The molecule has 0 heterocycles. The molecule has 0 bridgehead atoms. The highest BCUT2D eigenvalue weighted by atomic mass is 16.5. The van der Waals surface area contributed by atoms with Gasteiger partial charge in [-0.1, -0.05) is 13.3 Å². The van der Waals surface area contributed by atoms with Gasteiger partial charge in [-0.3, -0.25) is 4.79 Å². The number of hydrogen-bond acceptors (Lipinski definition) is 3. The standard InChI is InChI=1S/C9H15NO3/c1-3-4-5-7(9(10)12)6-8(11)13-2/h6H,3-5H2,1-2H3,(H2,10,12)/b7-6-. The molecule has 0 atom stereocenters. The Labute approximate surface area is 77.7 Å². The molecule has 0 aromatic heterocycles. The predicted octanol–water partition coefficient (Wildman–Crippen LogP) is 0.761. The highest BCUT2D eigenvalue weighted by molar-refractivity contribution is 5.98. The fraction of sp³-hybridized carbons (Fsp3) is 0.556. The van der Waals surface area contributed by atoms with Gasteiger partial charge in [0.2, 0.25) is 5.91 Å². The van der Waals surface area contributed by atoms with Crippen molar-refractivity contribution in [2.24, 2.45) is 5.73 Å².